The molecule has 0 aliphatic carbocycles. The molecule has 0 radical (unpaired) electrons. The van der Waals surface area contributed by atoms with Crippen molar-refractivity contribution in [1.29, 1.82) is 0 Å². The number of aryl methyl sites for hydroxylation is 1. The Morgan fingerprint density at radius 3 is 2.39 bits per heavy atom. The monoisotopic (exact) mass is 463 g/mol. The summed E-state index contributed by atoms with van der Waals surface area (Å²) in [6, 6.07) is 19.4. The van der Waals surface area contributed by atoms with Crippen molar-refractivity contribution >= 4 is 15.7 Å². The largest absolute Gasteiger partial charge is 0.502 e. The molecule has 0 fully saturated rings. The van der Waals surface area contributed by atoms with Crippen molar-refractivity contribution in [2.45, 2.75) is 24.4 Å². The fraction of sp³-hybridized carbons (Fsp3) is 0.160. The Labute approximate surface area is 191 Å². The lowest BCUT2D eigenvalue weighted by Crippen LogP contribution is -2.30. The maximum Gasteiger partial charge on any atom is 0.290 e. The van der Waals surface area contributed by atoms with Crippen LogP contribution in [0.3, 0.4) is 0 Å². The van der Waals surface area contributed by atoms with E-state index in [1.165, 1.54) is 17.0 Å². The van der Waals surface area contributed by atoms with Crippen LogP contribution < -0.4 is 9.47 Å². The molecule has 33 heavy (non-hydrogen) atoms. The quantitative estimate of drug-likeness (QED) is 0.614. The van der Waals surface area contributed by atoms with E-state index in [9.17, 15) is 18.3 Å². The third-order valence-corrected chi connectivity index (χ3v) is 7.67. The van der Waals surface area contributed by atoms with Gasteiger partial charge < -0.3 is 19.5 Å². The predicted octanol–water partition coefficient (Wildman–Crippen LogP) is 4.05. The molecule has 1 N–H and O–H groups in total. The first-order chi connectivity index (χ1) is 15.9. The molecule has 3 aromatic rings. The van der Waals surface area contributed by atoms with Crippen molar-refractivity contribution in [2.75, 3.05) is 6.79 Å². The van der Waals surface area contributed by atoms with Gasteiger partial charge in [-0.15, -0.1) is 0 Å². The standard InChI is InChI=1S/C25H21NO6S/c1-16-7-10-18(11-8-16)22-24(33(29,30)19-5-3-2-4-6-19)23(27)25(28)26(22)14-17-9-12-20-21(13-17)32-15-31-20/h2-13,22,27H,14-15H2,1H3/t22-/m0/s1. The van der Waals surface area contributed by atoms with E-state index in [-0.39, 0.29) is 23.1 Å². The predicted molar refractivity (Wildman–Crippen MR) is 120 cm³/mol. The molecule has 1 amide bonds. The molecule has 0 bridgehead atoms. The third-order valence-electron chi connectivity index (χ3n) is 5.78. The number of amides is 1. The highest BCUT2D eigenvalue weighted by molar-refractivity contribution is 7.95. The lowest BCUT2D eigenvalue weighted by atomic mass is 10.0. The summed E-state index contributed by atoms with van der Waals surface area (Å²) in [6.45, 7) is 2.12. The van der Waals surface area contributed by atoms with Crippen LogP contribution >= 0.6 is 0 Å². The molecule has 1 atom stereocenters. The Morgan fingerprint density at radius 2 is 1.67 bits per heavy atom. The minimum atomic E-state index is -4.14. The number of carbonyl (C=O) groups is 1. The van der Waals surface area contributed by atoms with E-state index >= 15 is 0 Å². The first kappa shape index (κ1) is 21.1. The molecule has 5 rings (SSSR count). The Balaban J connectivity index is 1.61. The molecule has 2 aliphatic heterocycles. The molecule has 3 aromatic carbocycles. The molecule has 0 unspecified atom stereocenters. The van der Waals surface area contributed by atoms with E-state index in [4.69, 9.17) is 9.47 Å². The molecule has 0 saturated carbocycles. The number of aliphatic hydroxyl groups is 1. The van der Waals surface area contributed by atoms with E-state index in [0.29, 0.717) is 17.1 Å². The van der Waals surface area contributed by atoms with Gasteiger partial charge in [-0.2, -0.15) is 0 Å². The lowest BCUT2D eigenvalue weighted by molar-refractivity contribution is -0.130. The molecule has 0 saturated heterocycles. The van der Waals surface area contributed by atoms with Gasteiger partial charge in [0.25, 0.3) is 5.91 Å². The van der Waals surface area contributed by atoms with Crippen LogP contribution in [0.4, 0.5) is 0 Å². The summed E-state index contributed by atoms with van der Waals surface area (Å²) in [5.41, 5.74) is 2.30. The second-order valence-corrected chi connectivity index (χ2v) is 9.88. The van der Waals surface area contributed by atoms with Gasteiger partial charge in [-0.3, -0.25) is 4.79 Å². The van der Waals surface area contributed by atoms with Crippen LogP contribution in [0.15, 0.2) is 88.4 Å². The summed E-state index contributed by atoms with van der Waals surface area (Å²) in [6.07, 6.45) is 0. The number of hydrogen-bond donors (Lipinski definition) is 1. The maximum atomic E-state index is 13.6. The highest BCUT2D eigenvalue weighted by Gasteiger charge is 2.46. The minimum absolute atomic E-state index is 0.0152. The topological polar surface area (TPSA) is 93.1 Å². The molecule has 0 aromatic heterocycles. The Hall–Kier alpha value is -3.78. The van der Waals surface area contributed by atoms with Gasteiger partial charge in [0.2, 0.25) is 16.6 Å². The normalized spacial score (nSPS) is 17.7. The van der Waals surface area contributed by atoms with Gasteiger partial charge in [0.1, 0.15) is 4.91 Å². The molecule has 8 heteroatoms. The SMILES string of the molecule is Cc1ccc([C@H]2C(S(=O)(=O)c3ccccc3)=C(O)C(=O)N2Cc2ccc3c(c2)OCO3)cc1. The van der Waals surface area contributed by atoms with Crippen LogP contribution in [0.5, 0.6) is 11.5 Å². The maximum absolute atomic E-state index is 13.6. The van der Waals surface area contributed by atoms with Crippen molar-refractivity contribution in [2.24, 2.45) is 0 Å². The summed E-state index contributed by atoms with van der Waals surface area (Å²) < 4.78 is 37.9. The van der Waals surface area contributed by atoms with E-state index in [1.807, 2.05) is 19.1 Å². The van der Waals surface area contributed by atoms with Crippen LogP contribution in [0, 0.1) is 6.92 Å². The third kappa shape index (κ3) is 3.62. The number of aliphatic hydroxyl groups excluding tert-OH is 1. The number of sulfone groups is 1. The van der Waals surface area contributed by atoms with Crippen LogP contribution in [-0.2, 0) is 21.2 Å². The molecule has 0 spiro atoms. The van der Waals surface area contributed by atoms with Crippen molar-refractivity contribution in [3.8, 4) is 11.5 Å². The zero-order valence-corrected chi connectivity index (χ0v) is 18.6. The van der Waals surface area contributed by atoms with Gasteiger partial charge in [0.15, 0.2) is 17.3 Å². The van der Waals surface area contributed by atoms with Gasteiger partial charge in [-0.1, -0.05) is 54.1 Å². The average molecular weight is 464 g/mol. The minimum Gasteiger partial charge on any atom is -0.502 e. The second-order valence-electron chi connectivity index (χ2n) is 7.96. The molecule has 7 nitrogen and oxygen atoms in total. The first-order valence-corrected chi connectivity index (χ1v) is 11.8. The van der Waals surface area contributed by atoms with Gasteiger partial charge in [0, 0.05) is 6.54 Å². The summed E-state index contributed by atoms with van der Waals surface area (Å²) in [5.74, 6) is -0.340. The number of ether oxygens (including phenoxy) is 2. The zero-order chi connectivity index (χ0) is 23.2. The Morgan fingerprint density at radius 1 is 0.970 bits per heavy atom. The Kier molecular flexibility index (Phi) is 5.09. The van der Waals surface area contributed by atoms with E-state index in [0.717, 1.165) is 11.1 Å². The Bertz CT molecular complexity index is 1360. The van der Waals surface area contributed by atoms with Crippen molar-refractivity contribution in [1.82, 2.24) is 4.90 Å². The van der Waals surface area contributed by atoms with Gasteiger partial charge in [-0.25, -0.2) is 8.42 Å². The van der Waals surface area contributed by atoms with Crippen molar-refractivity contribution in [3.63, 3.8) is 0 Å². The molecular weight excluding hydrogens is 442 g/mol. The number of benzene rings is 3. The highest BCUT2D eigenvalue weighted by atomic mass is 32.2. The van der Waals surface area contributed by atoms with Crippen LogP contribution in [0.2, 0.25) is 0 Å². The van der Waals surface area contributed by atoms with Gasteiger partial charge in [-0.05, 0) is 42.3 Å². The zero-order valence-electron chi connectivity index (χ0n) is 17.8. The van der Waals surface area contributed by atoms with Crippen molar-refractivity contribution in [3.05, 3.63) is 100 Å². The number of rotatable bonds is 5. The molecule has 2 aliphatic rings. The van der Waals surface area contributed by atoms with Crippen LogP contribution in [0.25, 0.3) is 0 Å². The summed E-state index contributed by atoms with van der Waals surface area (Å²) in [5, 5.41) is 10.8. The first-order valence-electron chi connectivity index (χ1n) is 10.4. The lowest BCUT2D eigenvalue weighted by Gasteiger charge is -2.27. The fourth-order valence-electron chi connectivity index (χ4n) is 4.11. The van der Waals surface area contributed by atoms with Crippen molar-refractivity contribution < 1.29 is 27.8 Å². The van der Waals surface area contributed by atoms with E-state index in [1.54, 1.807) is 48.5 Å². The fourth-order valence-corrected chi connectivity index (χ4v) is 5.78. The average Bonchev–Trinajstić information content (AvgIpc) is 3.38. The van der Waals surface area contributed by atoms with Crippen LogP contribution in [0.1, 0.15) is 22.7 Å². The number of hydrogen-bond acceptors (Lipinski definition) is 6. The van der Waals surface area contributed by atoms with E-state index in [2.05, 4.69) is 0 Å². The summed E-state index contributed by atoms with van der Waals surface area (Å²) >= 11 is 0. The van der Waals surface area contributed by atoms with Gasteiger partial charge in [0.05, 0.1) is 10.9 Å². The molecule has 2 heterocycles. The number of carbonyl (C=O) groups excluding carboxylic acids is 1. The van der Waals surface area contributed by atoms with Gasteiger partial charge >= 0.3 is 0 Å². The number of fused-ring (bicyclic) bond motifs is 1. The molecular formula is C25H21NO6S. The number of nitrogens with zero attached hydrogens (tertiary/aromatic N) is 1. The summed E-state index contributed by atoms with van der Waals surface area (Å²) in [7, 11) is -4.14. The second kappa shape index (κ2) is 7.97. The van der Waals surface area contributed by atoms with E-state index < -0.39 is 27.5 Å². The highest BCUT2D eigenvalue weighted by Crippen LogP contribution is 2.44. The summed E-state index contributed by atoms with van der Waals surface area (Å²) in [4.78, 5) is 14.2. The van der Waals surface area contributed by atoms with Crippen LogP contribution in [-0.4, -0.2) is 31.1 Å². The smallest absolute Gasteiger partial charge is 0.290 e. The molecule has 168 valence electrons.